The first-order valence-electron chi connectivity index (χ1n) is 10.2. The molecular weight excluding hydrogens is 396 g/mol. The summed E-state index contributed by atoms with van der Waals surface area (Å²) in [5, 5.41) is 22.2. The zero-order valence-electron chi connectivity index (χ0n) is 16.9. The molecule has 2 aliphatic heterocycles. The second-order valence-electron chi connectivity index (χ2n) is 7.62. The number of carbonyl (C=O) groups excluding carboxylic acids is 2. The maximum absolute atomic E-state index is 12.6. The van der Waals surface area contributed by atoms with E-state index in [-0.39, 0.29) is 22.6 Å². The van der Waals surface area contributed by atoms with Crippen LogP contribution >= 0.6 is 0 Å². The van der Waals surface area contributed by atoms with E-state index in [1.807, 2.05) is 24.3 Å². The smallest absolute Gasteiger partial charge is 0.197 e. The van der Waals surface area contributed by atoms with Crippen LogP contribution in [0.5, 0.6) is 23.0 Å². The Hall–Kier alpha value is -3.87. The highest BCUT2D eigenvalue weighted by molar-refractivity contribution is 6.25. The molecule has 156 valence electrons. The van der Waals surface area contributed by atoms with Crippen molar-refractivity contribution in [3.8, 4) is 23.0 Å². The summed E-state index contributed by atoms with van der Waals surface area (Å²) in [6, 6.07) is 5.76. The van der Waals surface area contributed by atoms with Gasteiger partial charge in [0.25, 0.3) is 0 Å². The number of aromatic hydroxyl groups is 2. The van der Waals surface area contributed by atoms with Gasteiger partial charge in [0, 0.05) is 18.3 Å². The van der Waals surface area contributed by atoms with Crippen LogP contribution in [-0.4, -0.2) is 34.5 Å². The van der Waals surface area contributed by atoms with Crippen molar-refractivity contribution in [2.24, 2.45) is 4.99 Å². The molecule has 31 heavy (non-hydrogen) atoms. The third kappa shape index (κ3) is 2.92. The summed E-state index contributed by atoms with van der Waals surface area (Å²) in [5.41, 5.74) is 2.35. The van der Waals surface area contributed by atoms with Crippen LogP contribution in [0, 0.1) is 0 Å². The number of allylic oxidation sites excluding steroid dienone is 3. The number of rotatable bonds is 2. The first kappa shape index (κ1) is 19.1. The first-order chi connectivity index (χ1) is 15.0. The van der Waals surface area contributed by atoms with E-state index in [2.05, 4.69) is 11.9 Å². The van der Waals surface area contributed by atoms with Gasteiger partial charge in [0.2, 0.25) is 0 Å². The van der Waals surface area contributed by atoms with E-state index in [0.717, 1.165) is 36.1 Å². The van der Waals surface area contributed by atoms with Crippen LogP contribution in [0.4, 0.5) is 5.69 Å². The van der Waals surface area contributed by atoms with Gasteiger partial charge in [-0.05, 0) is 36.6 Å². The third-order valence-corrected chi connectivity index (χ3v) is 5.75. The van der Waals surface area contributed by atoms with Gasteiger partial charge >= 0.3 is 0 Å². The number of ether oxygens (including phenoxy) is 1. The summed E-state index contributed by atoms with van der Waals surface area (Å²) in [6.07, 6.45) is 7.42. The van der Waals surface area contributed by atoms with Gasteiger partial charge in [0.1, 0.15) is 11.4 Å². The number of phenolic OH excluding ortho intramolecular Hbond substituents is 2. The third-order valence-electron chi connectivity index (χ3n) is 5.75. The molecule has 2 heterocycles. The highest BCUT2D eigenvalue weighted by Crippen LogP contribution is 2.54. The Bertz CT molecular complexity index is 1240. The number of anilines is 1. The zero-order chi connectivity index (χ0) is 21.7. The van der Waals surface area contributed by atoms with Crippen LogP contribution in [0.15, 0.2) is 47.1 Å². The van der Waals surface area contributed by atoms with E-state index >= 15 is 0 Å². The molecule has 7 heteroatoms. The Labute approximate surface area is 178 Å². The maximum Gasteiger partial charge on any atom is 0.197 e. The highest BCUT2D eigenvalue weighted by atomic mass is 16.5. The molecule has 0 atom stereocenters. The summed E-state index contributed by atoms with van der Waals surface area (Å²) in [4.78, 5) is 31.1. The van der Waals surface area contributed by atoms with Gasteiger partial charge in [0.05, 0.1) is 23.4 Å². The quantitative estimate of drug-likeness (QED) is 0.716. The number of carbonyl (C=O) groups is 2. The SMILES string of the molecule is CCc1ccc2c(c1)CN(C1=CCCN=C1)c1c(O)c3c(c(O)c1O2)C(=O)C=CC3=O. The second kappa shape index (κ2) is 7.12. The van der Waals surface area contributed by atoms with E-state index in [9.17, 15) is 19.8 Å². The van der Waals surface area contributed by atoms with Crippen LogP contribution in [-0.2, 0) is 13.0 Å². The molecule has 0 amide bonds. The molecule has 0 saturated carbocycles. The van der Waals surface area contributed by atoms with Gasteiger partial charge in [-0.25, -0.2) is 0 Å². The number of aryl methyl sites for hydroxylation is 1. The molecule has 3 aliphatic rings. The molecule has 5 rings (SSSR count). The van der Waals surface area contributed by atoms with Gasteiger partial charge < -0.3 is 19.8 Å². The number of hydrogen-bond acceptors (Lipinski definition) is 7. The van der Waals surface area contributed by atoms with Gasteiger partial charge in [-0.2, -0.15) is 0 Å². The van der Waals surface area contributed by atoms with Gasteiger partial charge in [0.15, 0.2) is 28.8 Å². The summed E-state index contributed by atoms with van der Waals surface area (Å²) >= 11 is 0. The van der Waals surface area contributed by atoms with Crippen molar-refractivity contribution in [2.75, 3.05) is 11.4 Å². The average Bonchev–Trinajstić information content (AvgIpc) is 2.96. The van der Waals surface area contributed by atoms with Crippen molar-refractivity contribution in [1.29, 1.82) is 0 Å². The predicted octanol–water partition coefficient (Wildman–Crippen LogP) is 4.07. The van der Waals surface area contributed by atoms with Crippen molar-refractivity contribution in [2.45, 2.75) is 26.3 Å². The number of hydrogen-bond donors (Lipinski definition) is 2. The summed E-state index contributed by atoms with van der Waals surface area (Å²) < 4.78 is 6.07. The van der Waals surface area contributed by atoms with Gasteiger partial charge in [-0.1, -0.05) is 25.1 Å². The fourth-order valence-corrected chi connectivity index (χ4v) is 4.17. The van der Waals surface area contributed by atoms with E-state index in [4.69, 9.17) is 4.74 Å². The Balaban J connectivity index is 1.81. The summed E-state index contributed by atoms with van der Waals surface area (Å²) in [6.45, 7) is 3.05. The molecule has 2 aromatic carbocycles. The van der Waals surface area contributed by atoms with E-state index in [0.29, 0.717) is 24.5 Å². The van der Waals surface area contributed by atoms with Crippen LogP contribution in [0.3, 0.4) is 0 Å². The van der Waals surface area contributed by atoms with Gasteiger partial charge in [-0.15, -0.1) is 0 Å². The molecule has 0 radical (unpaired) electrons. The molecule has 0 fully saturated rings. The van der Waals surface area contributed by atoms with Crippen LogP contribution in [0.2, 0.25) is 0 Å². The van der Waals surface area contributed by atoms with E-state index in [1.165, 1.54) is 0 Å². The van der Waals surface area contributed by atoms with Crippen molar-refractivity contribution in [3.63, 3.8) is 0 Å². The molecule has 2 N–H and O–H groups in total. The summed E-state index contributed by atoms with van der Waals surface area (Å²) in [7, 11) is 0. The number of phenols is 2. The Kier molecular flexibility index (Phi) is 4.39. The summed E-state index contributed by atoms with van der Waals surface area (Å²) in [5.74, 6) is -1.52. The molecule has 0 spiro atoms. The minimum atomic E-state index is -0.565. The zero-order valence-corrected chi connectivity index (χ0v) is 16.9. The Morgan fingerprint density at radius 1 is 1.10 bits per heavy atom. The van der Waals surface area contributed by atoms with E-state index in [1.54, 1.807) is 11.1 Å². The minimum Gasteiger partial charge on any atom is -0.505 e. The number of ketones is 2. The van der Waals surface area contributed by atoms with Gasteiger partial charge in [-0.3, -0.25) is 14.6 Å². The predicted molar refractivity (Wildman–Crippen MR) is 116 cm³/mol. The Morgan fingerprint density at radius 3 is 2.52 bits per heavy atom. The molecule has 0 saturated heterocycles. The first-order valence-corrected chi connectivity index (χ1v) is 10.2. The van der Waals surface area contributed by atoms with Crippen LogP contribution in [0.1, 0.15) is 45.2 Å². The van der Waals surface area contributed by atoms with Crippen LogP contribution in [0.25, 0.3) is 0 Å². The second-order valence-corrected chi connectivity index (χ2v) is 7.62. The van der Waals surface area contributed by atoms with Crippen molar-refractivity contribution in [3.05, 3.63) is 64.4 Å². The molecule has 0 aromatic heterocycles. The fourth-order valence-electron chi connectivity index (χ4n) is 4.17. The molecule has 1 aliphatic carbocycles. The number of benzene rings is 2. The standard InChI is InChI=1S/C24H20N2O5/c1-2-13-5-8-18-14(10-13)12-26(15-4-3-9-25-11-15)21-22(29)19-16(27)6-7-17(28)20(19)23(30)24(21)31-18/h4-8,10-11,29-30H,2-3,9,12H2,1H3. The number of aliphatic imine (C=N–C) groups is 1. The molecule has 2 aromatic rings. The molecular formula is C24H20N2O5. The van der Waals surface area contributed by atoms with Crippen molar-refractivity contribution < 1.29 is 24.5 Å². The molecule has 0 bridgehead atoms. The lowest BCUT2D eigenvalue weighted by Gasteiger charge is -2.28. The van der Waals surface area contributed by atoms with E-state index < -0.39 is 23.1 Å². The number of dihydropyridines is 1. The lowest BCUT2D eigenvalue weighted by atomic mass is 9.91. The normalized spacial score (nSPS) is 16.8. The highest BCUT2D eigenvalue weighted by Gasteiger charge is 2.37. The largest absolute Gasteiger partial charge is 0.505 e. The average molecular weight is 416 g/mol. The lowest BCUT2D eigenvalue weighted by Crippen LogP contribution is -2.25. The molecule has 7 nitrogen and oxygen atoms in total. The van der Waals surface area contributed by atoms with Crippen LogP contribution < -0.4 is 9.64 Å². The maximum atomic E-state index is 12.6. The monoisotopic (exact) mass is 416 g/mol. The van der Waals surface area contributed by atoms with Crippen molar-refractivity contribution in [1.82, 2.24) is 0 Å². The lowest BCUT2D eigenvalue weighted by molar-refractivity contribution is 0.0989. The minimum absolute atomic E-state index is 0.0597. The molecule has 0 unspecified atom stereocenters. The Morgan fingerprint density at radius 2 is 1.84 bits per heavy atom. The fraction of sp³-hybridized carbons (Fsp3) is 0.208. The number of fused-ring (bicyclic) bond motifs is 3. The topological polar surface area (TPSA) is 99.4 Å². The number of nitrogens with zero attached hydrogens (tertiary/aromatic N) is 2. The van der Waals surface area contributed by atoms with Crippen molar-refractivity contribution >= 4 is 23.5 Å².